The third-order valence-electron chi connectivity index (χ3n) is 1.66. The van der Waals surface area contributed by atoms with Crippen LogP contribution in [0.1, 0.15) is 19.3 Å². The molecule has 3 N–H and O–H groups in total. The Bertz CT molecular complexity index is 59.5. The summed E-state index contributed by atoms with van der Waals surface area (Å²) in [5.41, 5.74) is 0. The molecule has 1 saturated heterocycles. The first-order valence-corrected chi connectivity index (χ1v) is 3.31. The second kappa shape index (κ2) is 3.05. The quantitative estimate of drug-likeness (QED) is 0.475. The van der Waals surface area contributed by atoms with Crippen molar-refractivity contribution >= 4 is 0 Å². The first kappa shape index (κ1) is 6.05. The van der Waals surface area contributed by atoms with Crippen molar-refractivity contribution in [1.29, 1.82) is 0 Å². The smallest absolute Gasteiger partial charge is 0.159 e. The number of piperidine rings is 1. The van der Waals surface area contributed by atoms with Gasteiger partial charge in [0.1, 0.15) is 0 Å². The summed E-state index contributed by atoms with van der Waals surface area (Å²) in [5, 5.41) is 10.3. The summed E-state index contributed by atoms with van der Waals surface area (Å²) in [6.45, 7) is 1.68. The topological polar surface area (TPSA) is 34.9 Å². The van der Waals surface area contributed by atoms with Crippen LogP contribution in [0.2, 0.25) is 0 Å². The van der Waals surface area contributed by atoms with Crippen LogP contribution in [0.15, 0.2) is 0 Å². The van der Waals surface area contributed by atoms with E-state index in [9.17, 15) is 0 Å². The molecular weight excluding hydrogens is 102 g/mol. The molecule has 0 bridgehead atoms. The molecule has 0 aromatic heterocycles. The van der Waals surface area contributed by atoms with Crippen LogP contribution < -0.4 is 5.32 Å². The minimum Gasteiger partial charge on any atom is -0.444 e. The highest BCUT2D eigenvalue weighted by Crippen LogP contribution is 2.04. The van der Waals surface area contributed by atoms with Crippen molar-refractivity contribution in [2.45, 2.75) is 25.3 Å². The number of rotatable bonds is 1. The van der Waals surface area contributed by atoms with E-state index in [2.05, 4.69) is 5.32 Å². The Morgan fingerprint density at radius 3 is 2.75 bits per heavy atom. The van der Waals surface area contributed by atoms with E-state index in [0.717, 1.165) is 6.54 Å². The molecule has 0 aromatic rings. The molecule has 0 aliphatic carbocycles. The zero-order chi connectivity index (χ0) is 5.82. The van der Waals surface area contributed by atoms with Crippen molar-refractivity contribution in [1.82, 2.24) is 5.32 Å². The second-order valence-electron chi connectivity index (χ2n) is 2.35. The first-order valence-electron chi connectivity index (χ1n) is 3.31. The summed E-state index contributed by atoms with van der Waals surface area (Å²) < 4.78 is 0. The van der Waals surface area contributed by atoms with Gasteiger partial charge in [-0.25, -0.2) is 0 Å². The Balaban J connectivity index is 2.13. The van der Waals surface area contributed by atoms with Crippen molar-refractivity contribution in [2.24, 2.45) is 0 Å². The molecule has 1 unspecified atom stereocenters. The molecule has 2 heteroatoms. The lowest BCUT2D eigenvalue weighted by Crippen LogP contribution is -2.36. The first-order chi connectivity index (χ1) is 3.93. The lowest BCUT2D eigenvalue weighted by molar-refractivity contribution is 0.220. The lowest BCUT2D eigenvalue weighted by atomic mass is 10.1. The summed E-state index contributed by atoms with van der Waals surface area (Å²) in [5.74, 6) is 0. The van der Waals surface area contributed by atoms with E-state index in [1.807, 2.05) is 0 Å². The maximum Gasteiger partial charge on any atom is 0.159 e. The molecule has 1 aliphatic rings. The highest BCUT2D eigenvalue weighted by Gasteiger charge is 2.11. The average molecular weight is 116 g/mol. The third-order valence-corrected chi connectivity index (χ3v) is 1.66. The van der Waals surface area contributed by atoms with Gasteiger partial charge in [-0.15, -0.1) is 0 Å². The van der Waals surface area contributed by atoms with Gasteiger partial charge in [0.25, 0.3) is 0 Å². The summed E-state index contributed by atoms with van der Waals surface area (Å²) in [7, 11) is 0. The SMILES string of the molecule is [OH2+]CC1CCCCN1. The molecule has 1 heterocycles. The molecule has 0 radical (unpaired) electrons. The summed E-state index contributed by atoms with van der Waals surface area (Å²) in [6.07, 6.45) is 3.83. The molecule has 2 nitrogen and oxygen atoms in total. The van der Waals surface area contributed by atoms with Crippen molar-refractivity contribution in [3.63, 3.8) is 0 Å². The van der Waals surface area contributed by atoms with Crippen LogP contribution in [0.25, 0.3) is 0 Å². The fraction of sp³-hybridized carbons (Fsp3) is 1.00. The van der Waals surface area contributed by atoms with Gasteiger partial charge < -0.3 is 10.4 Å². The van der Waals surface area contributed by atoms with E-state index < -0.39 is 0 Å². The maximum atomic E-state index is 7.03. The zero-order valence-electron chi connectivity index (χ0n) is 5.11. The third kappa shape index (κ3) is 1.46. The highest BCUT2D eigenvalue weighted by molar-refractivity contribution is 4.69. The van der Waals surface area contributed by atoms with E-state index >= 15 is 0 Å². The Kier molecular flexibility index (Phi) is 2.30. The Hall–Kier alpha value is -0.0800. The summed E-state index contributed by atoms with van der Waals surface area (Å²) in [4.78, 5) is 0. The van der Waals surface area contributed by atoms with Crippen LogP contribution in [0.5, 0.6) is 0 Å². The van der Waals surface area contributed by atoms with Gasteiger partial charge >= 0.3 is 0 Å². The van der Waals surface area contributed by atoms with Crippen molar-refractivity contribution in [2.75, 3.05) is 13.2 Å². The van der Waals surface area contributed by atoms with Crippen LogP contribution in [0.3, 0.4) is 0 Å². The predicted octanol–water partition coefficient (Wildman–Crippen LogP) is -0.147. The molecule has 0 amide bonds. The largest absolute Gasteiger partial charge is 0.444 e. The van der Waals surface area contributed by atoms with Gasteiger partial charge in [0.15, 0.2) is 6.61 Å². The van der Waals surface area contributed by atoms with Gasteiger partial charge in [-0.1, -0.05) is 6.42 Å². The van der Waals surface area contributed by atoms with Crippen LogP contribution >= 0.6 is 0 Å². The van der Waals surface area contributed by atoms with Crippen molar-refractivity contribution in [3.05, 3.63) is 0 Å². The Morgan fingerprint density at radius 2 is 2.38 bits per heavy atom. The van der Waals surface area contributed by atoms with Crippen LogP contribution in [0.4, 0.5) is 0 Å². The van der Waals surface area contributed by atoms with Crippen LogP contribution in [0, 0.1) is 0 Å². The molecule has 1 atom stereocenters. The molecule has 0 spiro atoms. The standard InChI is InChI=1S/C6H13NO/c8-5-6-3-1-2-4-7-6/h6-8H,1-5H2/p+1. The number of hydrogen-bond donors (Lipinski definition) is 1. The van der Waals surface area contributed by atoms with Gasteiger partial charge in [-0.05, 0) is 19.4 Å². The maximum absolute atomic E-state index is 7.03. The minimum atomic E-state index is 0.503. The van der Waals surface area contributed by atoms with Crippen LogP contribution in [-0.4, -0.2) is 24.3 Å². The van der Waals surface area contributed by atoms with E-state index in [4.69, 9.17) is 5.11 Å². The molecule has 1 rings (SSSR count). The normalized spacial score (nSPS) is 30.4. The van der Waals surface area contributed by atoms with Gasteiger partial charge in [-0.2, -0.15) is 0 Å². The molecule has 0 aromatic carbocycles. The van der Waals surface area contributed by atoms with Gasteiger partial charge in [-0.3, -0.25) is 0 Å². The molecule has 1 aliphatic heterocycles. The van der Waals surface area contributed by atoms with Crippen molar-refractivity contribution < 1.29 is 5.11 Å². The van der Waals surface area contributed by atoms with E-state index in [-0.39, 0.29) is 0 Å². The second-order valence-corrected chi connectivity index (χ2v) is 2.35. The fourth-order valence-electron chi connectivity index (χ4n) is 1.10. The van der Waals surface area contributed by atoms with Crippen LogP contribution in [-0.2, 0) is 0 Å². The number of nitrogens with one attached hydrogen (secondary N) is 1. The minimum absolute atomic E-state index is 0.503. The van der Waals surface area contributed by atoms with E-state index in [0.29, 0.717) is 12.6 Å². The molecule has 8 heavy (non-hydrogen) atoms. The summed E-state index contributed by atoms with van der Waals surface area (Å²) >= 11 is 0. The lowest BCUT2D eigenvalue weighted by Gasteiger charge is -2.18. The van der Waals surface area contributed by atoms with E-state index in [1.54, 1.807) is 0 Å². The van der Waals surface area contributed by atoms with Gasteiger partial charge in [0.05, 0.1) is 6.04 Å². The monoisotopic (exact) mass is 116 g/mol. The van der Waals surface area contributed by atoms with E-state index in [1.165, 1.54) is 19.3 Å². The van der Waals surface area contributed by atoms with Gasteiger partial charge in [0.2, 0.25) is 0 Å². The molecule has 1 fully saturated rings. The van der Waals surface area contributed by atoms with Crippen molar-refractivity contribution in [3.8, 4) is 0 Å². The molecule has 0 saturated carbocycles. The zero-order valence-corrected chi connectivity index (χ0v) is 5.11. The highest BCUT2D eigenvalue weighted by atomic mass is 16.3. The Morgan fingerprint density at radius 1 is 1.50 bits per heavy atom. The van der Waals surface area contributed by atoms with Gasteiger partial charge in [0, 0.05) is 0 Å². The molecule has 48 valence electrons. The Labute approximate surface area is 49.9 Å². The molecular formula is C6H14NO+. The predicted molar refractivity (Wildman–Crippen MR) is 34.1 cm³/mol. The fourth-order valence-corrected chi connectivity index (χ4v) is 1.10. The number of hydrogen-bond acceptors (Lipinski definition) is 1. The average Bonchev–Trinajstić information content (AvgIpc) is 1.90. The summed E-state index contributed by atoms with van der Waals surface area (Å²) in [6, 6.07) is 0.503.